The molecule has 0 saturated heterocycles. The van der Waals surface area contributed by atoms with Crippen LogP contribution < -0.4 is 0 Å². The zero-order valence-electron chi connectivity index (χ0n) is 3.14. The maximum Gasteiger partial charge on any atom is 0.159 e. The molecule has 0 heterocycles. The van der Waals surface area contributed by atoms with Crippen LogP contribution in [0.5, 0.6) is 0 Å². The molecule has 2 heteroatoms. The third-order valence-corrected chi connectivity index (χ3v) is 0.286. The van der Waals surface area contributed by atoms with E-state index in [0.717, 1.165) is 0 Å². The first-order chi connectivity index (χ1) is 2.81. The molecule has 2 nitrogen and oxygen atoms in total. The summed E-state index contributed by atoms with van der Waals surface area (Å²) >= 11 is 0. The third-order valence-electron chi connectivity index (χ3n) is 0.286. The highest BCUT2D eigenvalue weighted by molar-refractivity contribution is 5.77. The Kier molecular flexibility index (Phi) is 1.76. The van der Waals surface area contributed by atoms with E-state index in [1.807, 2.05) is 0 Å². The quantitative estimate of drug-likeness (QED) is 0.258. The van der Waals surface area contributed by atoms with Crippen molar-refractivity contribution in [3.8, 4) is 6.07 Å². The average Bonchev–Trinajstić information content (AvgIpc) is 1.65. The van der Waals surface area contributed by atoms with Gasteiger partial charge in [0.15, 0.2) is 6.29 Å². The van der Waals surface area contributed by atoms with Crippen LogP contribution in [0.2, 0.25) is 0 Å². The molecule has 0 spiro atoms. The summed E-state index contributed by atoms with van der Waals surface area (Å²) in [6.45, 7) is 3.06. The van der Waals surface area contributed by atoms with Crippen molar-refractivity contribution in [2.75, 3.05) is 0 Å². The van der Waals surface area contributed by atoms with Crippen molar-refractivity contribution in [1.82, 2.24) is 0 Å². The van der Waals surface area contributed by atoms with Gasteiger partial charge in [0.05, 0.1) is 5.57 Å². The van der Waals surface area contributed by atoms with Crippen LogP contribution in [0.3, 0.4) is 0 Å². The van der Waals surface area contributed by atoms with Crippen LogP contribution in [0.25, 0.3) is 0 Å². The van der Waals surface area contributed by atoms with Gasteiger partial charge in [-0.05, 0) is 0 Å². The van der Waals surface area contributed by atoms with E-state index in [1.165, 1.54) is 0 Å². The number of allylic oxidation sites excluding steroid dienone is 1. The Labute approximate surface area is 35.7 Å². The van der Waals surface area contributed by atoms with Gasteiger partial charge in [0.1, 0.15) is 6.07 Å². The number of aldehydes is 1. The van der Waals surface area contributed by atoms with Crippen LogP contribution in [0.15, 0.2) is 12.2 Å². The van der Waals surface area contributed by atoms with E-state index < -0.39 is 0 Å². The fourth-order valence-corrected chi connectivity index (χ4v) is 0.0264. The van der Waals surface area contributed by atoms with Crippen molar-refractivity contribution in [2.45, 2.75) is 0 Å². The second kappa shape index (κ2) is 2.16. The molecule has 0 aliphatic carbocycles. The van der Waals surface area contributed by atoms with Crippen molar-refractivity contribution in [1.29, 1.82) is 5.26 Å². The number of nitrogens with zero attached hydrogens (tertiary/aromatic N) is 1. The van der Waals surface area contributed by atoms with Gasteiger partial charge in [-0.2, -0.15) is 5.26 Å². The molecule has 0 N–H and O–H groups in total. The van der Waals surface area contributed by atoms with Crippen LogP contribution in [-0.2, 0) is 4.79 Å². The fraction of sp³-hybridized carbons (Fsp3) is 0. The van der Waals surface area contributed by atoms with E-state index in [1.54, 1.807) is 6.07 Å². The maximum absolute atomic E-state index is 9.41. The summed E-state index contributed by atoms with van der Waals surface area (Å²) in [4.78, 5) is 9.41. The normalized spacial score (nSPS) is 5.83. The number of carbonyl (C=O) groups is 1. The molecule has 0 radical (unpaired) electrons. The van der Waals surface area contributed by atoms with Gasteiger partial charge in [0.25, 0.3) is 0 Å². The van der Waals surface area contributed by atoms with Crippen molar-refractivity contribution < 1.29 is 4.79 Å². The predicted octanol–water partition coefficient (Wildman–Crippen LogP) is 0.265. The van der Waals surface area contributed by atoms with Crippen molar-refractivity contribution in [2.24, 2.45) is 0 Å². The Balaban J connectivity index is 3.63. The van der Waals surface area contributed by atoms with E-state index >= 15 is 0 Å². The molecule has 0 fully saturated rings. The predicted molar refractivity (Wildman–Crippen MR) is 20.8 cm³/mol. The minimum Gasteiger partial charge on any atom is -0.297 e. The molecular weight excluding hydrogens is 78.0 g/mol. The van der Waals surface area contributed by atoms with Gasteiger partial charge in [-0.15, -0.1) is 0 Å². The minimum atomic E-state index is -0.0324. The highest BCUT2D eigenvalue weighted by atomic mass is 16.1. The van der Waals surface area contributed by atoms with Gasteiger partial charge in [0, 0.05) is 0 Å². The SMILES string of the molecule is C=C(C#N)C=O. The lowest BCUT2D eigenvalue weighted by atomic mass is 10.4. The molecule has 0 aromatic rings. The van der Waals surface area contributed by atoms with Crippen molar-refractivity contribution in [3.05, 3.63) is 12.2 Å². The minimum absolute atomic E-state index is 0.0324. The Morgan fingerprint density at radius 3 is 2.50 bits per heavy atom. The van der Waals surface area contributed by atoms with E-state index in [2.05, 4.69) is 6.58 Å². The number of hydrogen-bond donors (Lipinski definition) is 0. The summed E-state index contributed by atoms with van der Waals surface area (Å²) < 4.78 is 0. The second-order valence-electron chi connectivity index (χ2n) is 0.755. The lowest BCUT2D eigenvalue weighted by Crippen LogP contribution is -1.69. The summed E-state index contributed by atoms with van der Waals surface area (Å²) in [6, 6.07) is 1.55. The summed E-state index contributed by atoms with van der Waals surface area (Å²) in [5, 5.41) is 7.75. The molecule has 0 atom stereocenters. The molecule has 0 bridgehead atoms. The number of nitriles is 1. The van der Waals surface area contributed by atoms with Crippen LogP contribution in [-0.4, -0.2) is 6.29 Å². The summed E-state index contributed by atoms with van der Waals surface area (Å²) in [5.74, 6) is 0. The average molecular weight is 81.1 g/mol. The highest BCUT2D eigenvalue weighted by Crippen LogP contribution is 1.72. The summed E-state index contributed by atoms with van der Waals surface area (Å²) in [5.41, 5.74) is -0.0324. The first-order valence-electron chi connectivity index (χ1n) is 1.35. The van der Waals surface area contributed by atoms with E-state index in [-0.39, 0.29) is 5.57 Å². The Morgan fingerprint density at radius 2 is 2.50 bits per heavy atom. The highest BCUT2D eigenvalue weighted by Gasteiger charge is 1.76. The lowest BCUT2D eigenvalue weighted by molar-refractivity contribution is -0.104. The van der Waals surface area contributed by atoms with Gasteiger partial charge in [-0.3, -0.25) is 4.79 Å². The number of hydrogen-bond acceptors (Lipinski definition) is 2. The molecular formula is C4H3NO. The standard InChI is InChI=1S/C4H3NO/c1-4(2-5)3-6/h3H,1H2. The first kappa shape index (κ1) is 4.90. The fourth-order valence-electron chi connectivity index (χ4n) is 0.0264. The van der Waals surface area contributed by atoms with Crippen molar-refractivity contribution >= 4 is 6.29 Å². The van der Waals surface area contributed by atoms with E-state index in [0.29, 0.717) is 6.29 Å². The lowest BCUT2D eigenvalue weighted by Gasteiger charge is -1.62. The summed E-state index contributed by atoms with van der Waals surface area (Å²) in [6.07, 6.45) is 0.417. The molecule has 0 rings (SSSR count). The Morgan fingerprint density at radius 1 is 2.00 bits per heavy atom. The van der Waals surface area contributed by atoms with Gasteiger partial charge in [-0.25, -0.2) is 0 Å². The molecule has 0 amide bonds. The molecule has 0 saturated carbocycles. The zero-order valence-corrected chi connectivity index (χ0v) is 3.14. The molecule has 0 aromatic carbocycles. The van der Waals surface area contributed by atoms with Crippen LogP contribution >= 0.6 is 0 Å². The first-order valence-corrected chi connectivity index (χ1v) is 1.35. The van der Waals surface area contributed by atoms with E-state index in [9.17, 15) is 4.79 Å². The topological polar surface area (TPSA) is 40.9 Å². The molecule has 0 aliphatic heterocycles. The molecule has 0 aliphatic rings. The molecule has 6 heavy (non-hydrogen) atoms. The van der Waals surface area contributed by atoms with Gasteiger partial charge < -0.3 is 0 Å². The maximum atomic E-state index is 9.41. The number of rotatable bonds is 1. The van der Waals surface area contributed by atoms with Crippen LogP contribution in [0.1, 0.15) is 0 Å². The summed E-state index contributed by atoms with van der Waals surface area (Å²) in [7, 11) is 0. The molecule has 30 valence electrons. The van der Waals surface area contributed by atoms with E-state index in [4.69, 9.17) is 5.26 Å². The third kappa shape index (κ3) is 1.24. The van der Waals surface area contributed by atoms with Crippen molar-refractivity contribution in [3.63, 3.8) is 0 Å². The van der Waals surface area contributed by atoms with Gasteiger partial charge >= 0.3 is 0 Å². The van der Waals surface area contributed by atoms with Gasteiger partial charge in [-0.1, -0.05) is 6.58 Å². The van der Waals surface area contributed by atoms with Gasteiger partial charge in [0.2, 0.25) is 0 Å². The Hall–Kier alpha value is -1.10. The van der Waals surface area contributed by atoms with Crippen LogP contribution in [0, 0.1) is 11.3 Å². The molecule has 0 unspecified atom stereocenters. The van der Waals surface area contributed by atoms with Crippen LogP contribution in [0.4, 0.5) is 0 Å². The largest absolute Gasteiger partial charge is 0.297 e. The molecule has 0 aromatic heterocycles. The zero-order chi connectivity index (χ0) is 4.99. The monoisotopic (exact) mass is 81.0 g/mol. The smallest absolute Gasteiger partial charge is 0.159 e. The number of carbonyl (C=O) groups excluding carboxylic acids is 1. The second-order valence-corrected chi connectivity index (χ2v) is 0.755. The Bertz CT molecular complexity index is 109.